The second kappa shape index (κ2) is 11.7. The number of hydrogen-bond donors (Lipinski definition) is 1. The zero-order chi connectivity index (χ0) is 23.8. The molecule has 178 valence electrons. The Labute approximate surface area is 199 Å². The van der Waals surface area contributed by atoms with Gasteiger partial charge < -0.3 is 0 Å². The fourth-order valence-corrected chi connectivity index (χ4v) is 5.56. The van der Waals surface area contributed by atoms with Crippen LogP contribution in [0.5, 0.6) is 0 Å². The number of likely N-dealkylation sites (tertiary alicyclic amines) is 1. The molecule has 0 bridgehead atoms. The Hall–Kier alpha value is -2.36. The van der Waals surface area contributed by atoms with E-state index in [1.54, 1.807) is 0 Å². The highest BCUT2D eigenvalue weighted by Crippen LogP contribution is 2.30. The first-order chi connectivity index (χ1) is 15.8. The van der Waals surface area contributed by atoms with Gasteiger partial charge in [0, 0.05) is 6.54 Å². The predicted molar refractivity (Wildman–Crippen MR) is 136 cm³/mol. The molecule has 1 saturated heterocycles. The van der Waals surface area contributed by atoms with Crippen LogP contribution < -0.4 is 4.72 Å². The van der Waals surface area contributed by atoms with Gasteiger partial charge in [-0.15, -0.1) is 0 Å². The van der Waals surface area contributed by atoms with Crippen LogP contribution in [0.1, 0.15) is 73.6 Å². The lowest BCUT2D eigenvalue weighted by Crippen LogP contribution is -2.33. The van der Waals surface area contributed by atoms with Gasteiger partial charge in [0.15, 0.2) is 0 Å². The molecule has 0 saturated carbocycles. The Morgan fingerprint density at radius 2 is 1.91 bits per heavy atom. The van der Waals surface area contributed by atoms with Crippen molar-refractivity contribution in [3.05, 3.63) is 64.7 Å². The minimum Gasteiger partial charge on any atom is -0.299 e. The molecule has 1 aliphatic rings. The van der Waals surface area contributed by atoms with Gasteiger partial charge in [-0.2, -0.15) is 5.26 Å². The summed E-state index contributed by atoms with van der Waals surface area (Å²) in [4.78, 5) is 2.44. The molecular formula is C27H37N3O2S. The number of nitrogens with one attached hydrogen (secondary N) is 1. The average molecular weight is 468 g/mol. The van der Waals surface area contributed by atoms with E-state index in [4.69, 9.17) is 5.26 Å². The van der Waals surface area contributed by atoms with E-state index in [9.17, 15) is 8.42 Å². The second-order valence-electron chi connectivity index (χ2n) is 9.47. The third kappa shape index (κ3) is 7.58. The van der Waals surface area contributed by atoms with Crippen LogP contribution in [0.2, 0.25) is 0 Å². The van der Waals surface area contributed by atoms with Crippen molar-refractivity contribution in [3.63, 3.8) is 0 Å². The number of anilines is 1. The molecule has 1 aliphatic heterocycles. The summed E-state index contributed by atoms with van der Waals surface area (Å²) in [5, 5.41) is 9.17. The predicted octanol–water partition coefficient (Wildman–Crippen LogP) is 5.81. The summed E-state index contributed by atoms with van der Waals surface area (Å²) >= 11 is 0. The lowest BCUT2D eigenvalue weighted by molar-refractivity contribution is 0.170. The van der Waals surface area contributed by atoms with Crippen LogP contribution in [-0.2, 0) is 16.6 Å². The Bertz CT molecular complexity index is 1070. The lowest BCUT2D eigenvalue weighted by atomic mass is 9.86. The Morgan fingerprint density at radius 3 is 2.55 bits per heavy atom. The molecule has 6 heteroatoms. The summed E-state index contributed by atoms with van der Waals surface area (Å²) in [6.45, 7) is 7.18. The second-order valence-corrected chi connectivity index (χ2v) is 11.2. The van der Waals surface area contributed by atoms with Gasteiger partial charge in [-0.1, -0.05) is 50.1 Å². The number of nitriles is 1. The first-order valence-corrected chi connectivity index (χ1v) is 14.0. The maximum Gasteiger partial charge on any atom is 0.229 e. The average Bonchev–Trinajstić information content (AvgIpc) is 2.78. The summed E-state index contributed by atoms with van der Waals surface area (Å²) in [6.07, 6.45) is 8.44. The van der Waals surface area contributed by atoms with Crippen molar-refractivity contribution in [3.8, 4) is 6.07 Å². The third-order valence-corrected chi connectivity index (χ3v) is 7.50. The standard InChI is InChI=1S/C27H37N3O2S/c1-4-23(24-12-13-25(19-28)21(2)18-24)10-7-8-22-14-16-30(17-15-22)20-26-9-5-6-11-27(26)29-33(3,31)32/h5-6,9,11-13,18,22-23,29H,4,7-8,10,14-17,20H2,1-3H3. The summed E-state index contributed by atoms with van der Waals surface area (Å²) < 4.78 is 26.0. The number of para-hydroxylation sites is 1. The minimum atomic E-state index is -3.28. The normalized spacial score (nSPS) is 16.3. The van der Waals surface area contributed by atoms with Crippen LogP contribution in [0.3, 0.4) is 0 Å². The Morgan fingerprint density at radius 1 is 1.18 bits per heavy atom. The molecule has 1 heterocycles. The van der Waals surface area contributed by atoms with Crippen molar-refractivity contribution in [2.45, 2.75) is 64.8 Å². The van der Waals surface area contributed by atoms with E-state index in [0.29, 0.717) is 11.6 Å². The van der Waals surface area contributed by atoms with E-state index < -0.39 is 10.0 Å². The largest absolute Gasteiger partial charge is 0.299 e. The van der Waals surface area contributed by atoms with Crippen LogP contribution in [0, 0.1) is 24.2 Å². The summed E-state index contributed by atoms with van der Waals surface area (Å²) in [5.41, 5.74) is 4.94. The number of benzene rings is 2. The zero-order valence-electron chi connectivity index (χ0n) is 20.2. The van der Waals surface area contributed by atoms with E-state index in [2.05, 4.69) is 34.7 Å². The number of rotatable bonds is 10. The van der Waals surface area contributed by atoms with Crippen molar-refractivity contribution in [2.24, 2.45) is 5.92 Å². The van der Waals surface area contributed by atoms with Gasteiger partial charge in [-0.25, -0.2) is 8.42 Å². The highest BCUT2D eigenvalue weighted by molar-refractivity contribution is 7.92. The van der Waals surface area contributed by atoms with E-state index >= 15 is 0 Å². The molecule has 0 aliphatic carbocycles. The number of piperidine rings is 1. The quantitative estimate of drug-likeness (QED) is 0.478. The fourth-order valence-electron chi connectivity index (χ4n) is 4.96. The molecule has 2 aromatic rings. The molecule has 1 fully saturated rings. The van der Waals surface area contributed by atoms with Crippen LogP contribution in [0.25, 0.3) is 0 Å². The molecular weight excluding hydrogens is 430 g/mol. The first-order valence-electron chi connectivity index (χ1n) is 12.1. The van der Waals surface area contributed by atoms with Crippen molar-refractivity contribution in [1.29, 1.82) is 5.26 Å². The van der Waals surface area contributed by atoms with Crippen LogP contribution in [-0.4, -0.2) is 32.7 Å². The molecule has 0 amide bonds. The van der Waals surface area contributed by atoms with Crippen molar-refractivity contribution in [1.82, 2.24) is 4.90 Å². The van der Waals surface area contributed by atoms with Crippen LogP contribution in [0.4, 0.5) is 5.69 Å². The molecule has 1 atom stereocenters. The van der Waals surface area contributed by atoms with Gasteiger partial charge in [0.1, 0.15) is 0 Å². The van der Waals surface area contributed by atoms with E-state index in [0.717, 1.165) is 48.7 Å². The van der Waals surface area contributed by atoms with Gasteiger partial charge in [0.05, 0.1) is 23.6 Å². The number of hydrogen-bond acceptors (Lipinski definition) is 4. The highest BCUT2D eigenvalue weighted by atomic mass is 32.2. The molecule has 2 aromatic carbocycles. The van der Waals surface area contributed by atoms with Gasteiger partial charge in [-0.05, 0) is 86.4 Å². The van der Waals surface area contributed by atoms with E-state index in [-0.39, 0.29) is 0 Å². The summed E-state index contributed by atoms with van der Waals surface area (Å²) in [7, 11) is -3.28. The molecule has 3 rings (SSSR count). The van der Waals surface area contributed by atoms with Gasteiger partial charge in [-0.3, -0.25) is 9.62 Å². The van der Waals surface area contributed by atoms with Crippen molar-refractivity contribution in [2.75, 3.05) is 24.1 Å². The zero-order valence-corrected chi connectivity index (χ0v) is 21.0. The summed E-state index contributed by atoms with van der Waals surface area (Å²) in [5.74, 6) is 1.33. The first kappa shape index (κ1) is 25.3. The maximum atomic E-state index is 11.7. The fraction of sp³-hybridized carbons (Fsp3) is 0.519. The topological polar surface area (TPSA) is 73.2 Å². The number of aryl methyl sites for hydroxylation is 1. The van der Waals surface area contributed by atoms with Crippen LogP contribution >= 0.6 is 0 Å². The summed E-state index contributed by atoms with van der Waals surface area (Å²) in [6, 6.07) is 16.2. The molecule has 33 heavy (non-hydrogen) atoms. The number of sulfonamides is 1. The highest BCUT2D eigenvalue weighted by Gasteiger charge is 2.21. The monoisotopic (exact) mass is 467 g/mol. The SMILES string of the molecule is CCC(CCCC1CCN(Cc2ccccc2NS(C)(=O)=O)CC1)c1ccc(C#N)c(C)c1. The molecule has 0 spiro atoms. The molecule has 1 unspecified atom stereocenters. The van der Waals surface area contributed by atoms with Gasteiger partial charge in [0.2, 0.25) is 10.0 Å². The minimum absolute atomic E-state index is 0.565. The lowest BCUT2D eigenvalue weighted by Gasteiger charge is -2.32. The van der Waals surface area contributed by atoms with Crippen molar-refractivity contribution < 1.29 is 8.42 Å². The smallest absolute Gasteiger partial charge is 0.229 e. The molecule has 1 N–H and O–H groups in total. The van der Waals surface area contributed by atoms with Crippen molar-refractivity contribution >= 4 is 15.7 Å². The van der Waals surface area contributed by atoms with Gasteiger partial charge in [0.25, 0.3) is 0 Å². The Balaban J connectivity index is 1.45. The Kier molecular flexibility index (Phi) is 8.94. The molecule has 5 nitrogen and oxygen atoms in total. The van der Waals surface area contributed by atoms with E-state index in [1.807, 2.05) is 37.3 Å². The number of nitrogens with zero attached hydrogens (tertiary/aromatic N) is 2. The molecule has 0 aromatic heterocycles. The molecule has 0 radical (unpaired) electrons. The van der Waals surface area contributed by atoms with Crippen LogP contribution in [0.15, 0.2) is 42.5 Å². The maximum absolute atomic E-state index is 11.7. The van der Waals surface area contributed by atoms with E-state index in [1.165, 1.54) is 43.9 Å². The van der Waals surface area contributed by atoms with Gasteiger partial charge >= 0.3 is 0 Å². The third-order valence-electron chi connectivity index (χ3n) is 6.91.